The lowest BCUT2D eigenvalue weighted by Gasteiger charge is -2.04. The number of amides is 1. The van der Waals surface area contributed by atoms with E-state index in [-0.39, 0.29) is 18.3 Å². The first-order valence-corrected chi connectivity index (χ1v) is 8.10. The van der Waals surface area contributed by atoms with Crippen LogP contribution < -0.4 is 10.6 Å². The molecular weight excluding hydrogens is 318 g/mol. The molecule has 0 aliphatic rings. The van der Waals surface area contributed by atoms with Gasteiger partial charge in [0.05, 0.1) is 0 Å². The van der Waals surface area contributed by atoms with Gasteiger partial charge in [0.15, 0.2) is 0 Å². The normalized spacial score (nSPS) is 10.1. The highest BCUT2D eigenvalue weighted by Gasteiger charge is 2.12. The van der Waals surface area contributed by atoms with Gasteiger partial charge in [-0.3, -0.25) is 4.79 Å². The minimum absolute atomic E-state index is 0. The van der Waals surface area contributed by atoms with Gasteiger partial charge in [0, 0.05) is 24.0 Å². The summed E-state index contributed by atoms with van der Waals surface area (Å²) in [4.78, 5) is 16.5. The number of nitrogens with zero attached hydrogens (tertiary/aromatic N) is 1. The molecule has 2 rings (SSSR count). The summed E-state index contributed by atoms with van der Waals surface area (Å²) < 4.78 is 0. The predicted octanol–water partition coefficient (Wildman–Crippen LogP) is 3.27. The third-order valence-electron chi connectivity index (χ3n) is 3.13. The van der Waals surface area contributed by atoms with Crippen LogP contribution in [0.15, 0.2) is 29.6 Å². The monoisotopic (exact) mass is 339 g/mol. The van der Waals surface area contributed by atoms with Crippen molar-refractivity contribution < 1.29 is 4.79 Å². The maximum atomic E-state index is 12.0. The molecule has 0 saturated heterocycles. The fraction of sp³-hybridized carbons (Fsp3) is 0.375. The van der Waals surface area contributed by atoms with Crippen LogP contribution in [0.2, 0.25) is 0 Å². The minimum atomic E-state index is -0.107. The number of hydrogen-bond donors (Lipinski definition) is 2. The van der Waals surface area contributed by atoms with Crippen molar-refractivity contribution in [2.24, 2.45) is 0 Å². The molecule has 120 valence electrons. The van der Waals surface area contributed by atoms with Gasteiger partial charge in [-0.15, -0.1) is 23.7 Å². The van der Waals surface area contributed by atoms with Crippen LogP contribution >= 0.6 is 23.7 Å². The molecular formula is C16H22ClN3OS. The summed E-state index contributed by atoms with van der Waals surface area (Å²) in [7, 11) is 0. The van der Waals surface area contributed by atoms with E-state index in [1.54, 1.807) is 0 Å². The largest absolute Gasteiger partial charge is 0.349 e. The molecule has 0 aliphatic carbocycles. The molecule has 1 aromatic carbocycles. The first-order valence-electron chi connectivity index (χ1n) is 7.22. The fourth-order valence-corrected chi connectivity index (χ4v) is 2.86. The Morgan fingerprint density at radius 1 is 1.23 bits per heavy atom. The molecule has 0 bridgehead atoms. The second-order valence-electron chi connectivity index (χ2n) is 4.86. The molecule has 1 aromatic heterocycles. The molecule has 2 N–H and O–H groups in total. The summed E-state index contributed by atoms with van der Waals surface area (Å²) in [5.74, 6) is -0.107. The van der Waals surface area contributed by atoms with Crippen LogP contribution in [-0.4, -0.2) is 30.5 Å². The molecule has 4 nitrogen and oxygen atoms in total. The van der Waals surface area contributed by atoms with Gasteiger partial charge in [-0.25, -0.2) is 4.98 Å². The van der Waals surface area contributed by atoms with Gasteiger partial charge >= 0.3 is 0 Å². The Hall–Kier alpha value is -1.43. The van der Waals surface area contributed by atoms with Crippen molar-refractivity contribution in [2.45, 2.75) is 20.3 Å². The van der Waals surface area contributed by atoms with Crippen molar-refractivity contribution in [3.8, 4) is 10.6 Å². The van der Waals surface area contributed by atoms with E-state index >= 15 is 0 Å². The van der Waals surface area contributed by atoms with Crippen molar-refractivity contribution in [3.63, 3.8) is 0 Å². The number of rotatable bonds is 7. The first kappa shape index (κ1) is 18.6. The quantitative estimate of drug-likeness (QED) is 0.761. The van der Waals surface area contributed by atoms with Crippen LogP contribution in [0.5, 0.6) is 0 Å². The number of hydrogen-bond acceptors (Lipinski definition) is 4. The van der Waals surface area contributed by atoms with Crippen LogP contribution in [0.25, 0.3) is 10.6 Å². The Morgan fingerprint density at radius 3 is 2.73 bits per heavy atom. The van der Waals surface area contributed by atoms with Crippen LogP contribution in [0.3, 0.4) is 0 Å². The zero-order chi connectivity index (χ0) is 15.1. The fourth-order valence-electron chi connectivity index (χ4n) is 1.97. The molecule has 1 heterocycles. The van der Waals surface area contributed by atoms with Crippen LogP contribution in [0.1, 0.15) is 29.4 Å². The molecule has 0 saturated carbocycles. The number of nitrogens with one attached hydrogen (secondary N) is 2. The van der Waals surface area contributed by atoms with Crippen molar-refractivity contribution >= 4 is 29.7 Å². The average molecular weight is 340 g/mol. The molecule has 22 heavy (non-hydrogen) atoms. The molecule has 0 unspecified atom stereocenters. The topological polar surface area (TPSA) is 54.0 Å². The number of aryl methyl sites for hydroxylation is 1. The predicted molar refractivity (Wildman–Crippen MR) is 95.0 cm³/mol. The summed E-state index contributed by atoms with van der Waals surface area (Å²) in [5, 5.41) is 8.83. The number of benzene rings is 1. The SMILES string of the molecule is CCCNCCNC(=O)c1csc(-c2ccccc2C)n1.Cl. The van der Waals surface area contributed by atoms with E-state index in [2.05, 4.69) is 35.5 Å². The van der Waals surface area contributed by atoms with E-state index in [1.165, 1.54) is 16.9 Å². The maximum absolute atomic E-state index is 12.0. The summed E-state index contributed by atoms with van der Waals surface area (Å²) in [6, 6.07) is 8.08. The highest BCUT2D eigenvalue weighted by atomic mass is 35.5. The van der Waals surface area contributed by atoms with Gasteiger partial charge in [-0.05, 0) is 25.5 Å². The maximum Gasteiger partial charge on any atom is 0.270 e. The smallest absolute Gasteiger partial charge is 0.270 e. The van der Waals surface area contributed by atoms with E-state index in [0.717, 1.165) is 30.1 Å². The van der Waals surface area contributed by atoms with E-state index in [1.807, 2.05) is 23.6 Å². The second-order valence-corrected chi connectivity index (χ2v) is 5.72. The lowest BCUT2D eigenvalue weighted by molar-refractivity contribution is 0.0949. The van der Waals surface area contributed by atoms with E-state index < -0.39 is 0 Å². The summed E-state index contributed by atoms with van der Waals surface area (Å²) in [6.45, 7) is 6.55. The summed E-state index contributed by atoms with van der Waals surface area (Å²) in [6.07, 6.45) is 1.10. The Labute approximate surface area is 141 Å². The third kappa shape index (κ3) is 5.09. The number of carbonyl (C=O) groups excluding carboxylic acids is 1. The van der Waals surface area contributed by atoms with Gasteiger partial charge < -0.3 is 10.6 Å². The molecule has 6 heteroatoms. The van der Waals surface area contributed by atoms with Crippen LogP contribution in [0, 0.1) is 6.92 Å². The number of carbonyl (C=O) groups is 1. The Bertz CT molecular complexity index is 601. The third-order valence-corrected chi connectivity index (χ3v) is 4.00. The van der Waals surface area contributed by atoms with Gasteiger partial charge in [0.1, 0.15) is 10.7 Å². The van der Waals surface area contributed by atoms with Crippen LogP contribution in [-0.2, 0) is 0 Å². The highest BCUT2D eigenvalue weighted by molar-refractivity contribution is 7.13. The van der Waals surface area contributed by atoms with Crippen molar-refractivity contribution in [2.75, 3.05) is 19.6 Å². The van der Waals surface area contributed by atoms with Crippen molar-refractivity contribution in [3.05, 3.63) is 40.9 Å². The van der Waals surface area contributed by atoms with E-state index in [0.29, 0.717) is 12.2 Å². The number of halogens is 1. The number of thiazole rings is 1. The Kier molecular flexibility index (Phi) is 8.09. The summed E-state index contributed by atoms with van der Waals surface area (Å²) >= 11 is 1.50. The van der Waals surface area contributed by atoms with E-state index in [9.17, 15) is 4.79 Å². The van der Waals surface area contributed by atoms with Gasteiger partial charge in [-0.2, -0.15) is 0 Å². The Morgan fingerprint density at radius 2 is 2.00 bits per heavy atom. The van der Waals surface area contributed by atoms with E-state index in [4.69, 9.17) is 0 Å². The molecule has 0 aliphatic heterocycles. The van der Waals surface area contributed by atoms with Gasteiger partial charge in [-0.1, -0.05) is 31.2 Å². The lowest BCUT2D eigenvalue weighted by Crippen LogP contribution is -2.32. The molecule has 0 spiro atoms. The zero-order valence-corrected chi connectivity index (χ0v) is 14.5. The van der Waals surface area contributed by atoms with Gasteiger partial charge in [0.25, 0.3) is 5.91 Å². The Balaban J connectivity index is 0.00000242. The highest BCUT2D eigenvalue weighted by Crippen LogP contribution is 2.26. The first-order chi connectivity index (χ1) is 10.2. The molecule has 2 aromatic rings. The average Bonchev–Trinajstić information content (AvgIpc) is 2.97. The number of aromatic nitrogens is 1. The molecule has 1 amide bonds. The van der Waals surface area contributed by atoms with Crippen molar-refractivity contribution in [1.29, 1.82) is 0 Å². The molecule has 0 atom stereocenters. The van der Waals surface area contributed by atoms with Gasteiger partial charge in [0.2, 0.25) is 0 Å². The minimum Gasteiger partial charge on any atom is -0.349 e. The van der Waals surface area contributed by atoms with Crippen molar-refractivity contribution in [1.82, 2.24) is 15.6 Å². The second kappa shape index (κ2) is 9.56. The van der Waals surface area contributed by atoms with Crippen LogP contribution in [0.4, 0.5) is 0 Å². The lowest BCUT2D eigenvalue weighted by atomic mass is 10.1. The standard InChI is InChI=1S/C16H21N3OS.ClH/c1-3-8-17-9-10-18-15(20)14-11-21-16(19-14)13-7-5-4-6-12(13)2;/h4-7,11,17H,3,8-10H2,1-2H3,(H,18,20);1H. The zero-order valence-electron chi connectivity index (χ0n) is 12.9. The molecule has 0 fully saturated rings. The molecule has 0 radical (unpaired) electrons. The summed E-state index contributed by atoms with van der Waals surface area (Å²) in [5.41, 5.74) is 2.75.